The average molecular weight is 1020 g/mol. The second-order valence-corrected chi connectivity index (χ2v) is 17.8. The quantitative estimate of drug-likeness (QED) is 0.0375. The second-order valence-electron chi connectivity index (χ2n) is 17.8. The molecule has 0 fully saturated rings. The van der Waals surface area contributed by atoms with E-state index in [9.17, 15) is 48.6 Å². The number of carboxylic acid groups (broad SMARTS) is 2. The molecule has 4 atom stereocenters. The van der Waals surface area contributed by atoms with Crippen molar-refractivity contribution >= 4 is 47.1 Å². The molecule has 0 aliphatic rings. The molecule has 20 heteroatoms. The minimum atomic E-state index is -1.10. The van der Waals surface area contributed by atoms with Crippen molar-refractivity contribution in [3.63, 3.8) is 0 Å². The van der Waals surface area contributed by atoms with Crippen molar-refractivity contribution in [2.45, 2.75) is 200 Å². The molecule has 0 radical (unpaired) electrons. The van der Waals surface area contributed by atoms with Crippen molar-refractivity contribution in [3.05, 3.63) is 0 Å². The molecule has 0 heterocycles. The van der Waals surface area contributed by atoms with E-state index in [0.29, 0.717) is 78.2 Å². The molecule has 0 aliphatic carbocycles. The first kappa shape index (κ1) is 69.0. The lowest BCUT2D eigenvalue weighted by molar-refractivity contribution is -0.142. The lowest BCUT2D eigenvalue weighted by atomic mass is 9.94. The smallest absolute Gasteiger partial charge is 0.326 e. The number of unbranched alkanes of at least 4 members (excludes halogenated alkanes) is 14. The third-order valence-corrected chi connectivity index (χ3v) is 11.5. The molecule has 0 rings (SSSR count). The molecule has 0 aromatic rings. The summed E-state index contributed by atoms with van der Waals surface area (Å²) in [4.78, 5) is 92.6. The van der Waals surface area contributed by atoms with Crippen LogP contribution in [0.2, 0.25) is 0 Å². The van der Waals surface area contributed by atoms with E-state index >= 15 is 0 Å². The molecule has 0 spiro atoms. The summed E-state index contributed by atoms with van der Waals surface area (Å²) in [6.07, 6.45) is 19.3. The number of nitrogens with two attached hydrogens (primary N) is 1. The Kier molecular flexibility index (Phi) is 48.1. The van der Waals surface area contributed by atoms with E-state index in [1.54, 1.807) is 0 Å². The highest BCUT2D eigenvalue weighted by Gasteiger charge is 2.24. The molecule has 0 aliphatic heterocycles. The van der Waals surface area contributed by atoms with E-state index in [1.165, 1.54) is 51.9 Å². The summed E-state index contributed by atoms with van der Waals surface area (Å²) < 4.78 is 20.7. The van der Waals surface area contributed by atoms with Crippen LogP contribution in [0.25, 0.3) is 0 Å². The fraction of sp³-hybridized carbons (Fsp3) is 0.843. The number of carbonyl (C=O) groups is 8. The maximum Gasteiger partial charge on any atom is 0.326 e. The predicted molar refractivity (Wildman–Crippen MR) is 270 cm³/mol. The van der Waals surface area contributed by atoms with Gasteiger partial charge in [-0.25, -0.2) is 4.79 Å². The van der Waals surface area contributed by atoms with Gasteiger partial charge in [-0.05, 0) is 65.7 Å². The van der Waals surface area contributed by atoms with Gasteiger partial charge in [-0.1, -0.05) is 90.4 Å². The van der Waals surface area contributed by atoms with Gasteiger partial charge in [-0.15, -0.1) is 0 Å². The number of rotatable bonds is 50. The van der Waals surface area contributed by atoms with Crippen molar-refractivity contribution < 1.29 is 72.6 Å². The monoisotopic (exact) mass is 1020 g/mol. The number of aliphatic hydroxyl groups is 1. The van der Waals surface area contributed by atoms with E-state index < -0.39 is 36.0 Å². The van der Waals surface area contributed by atoms with Crippen molar-refractivity contribution in [2.75, 3.05) is 72.5 Å². The molecular weight excluding hydrogens is 923 g/mol. The topological polar surface area (TPSA) is 308 Å². The van der Waals surface area contributed by atoms with Crippen LogP contribution >= 0.6 is 0 Å². The fourth-order valence-corrected chi connectivity index (χ4v) is 7.30. The Morgan fingerprint density at radius 3 is 1.59 bits per heavy atom. The Bertz CT molecular complexity index is 1420. The Morgan fingerprint density at radius 1 is 0.535 bits per heavy atom. The summed E-state index contributed by atoms with van der Waals surface area (Å²) >= 11 is 0. The Morgan fingerprint density at radius 2 is 1.07 bits per heavy atom. The number of hydrogen-bond acceptors (Lipinski definition) is 14. The zero-order chi connectivity index (χ0) is 53.3. The van der Waals surface area contributed by atoms with Crippen molar-refractivity contribution in [2.24, 2.45) is 11.7 Å². The van der Waals surface area contributed by atoms with Crippen molar-refractivity contribution in [1.82, 2.24) is 21.3 Å². The number of aliphatic hydroxyl groups excluding tert-OH is 1. The molecule has 0 saturated heterocycles. The zero-order valence-corrected chi connectivity index (χ0v) is 43.9. The molecule has 0 aromatic carbocycles. The maximum absolute atomic E-state index is 12.4. The van der Waals surface area contributed by atoms with Crippen LogP contribution in [0.1, 0.15) is 182 Å². The molecular formula is C51H95N5O15. The lowest BCUT2D eigenvalue weighted by Crippen LogP contribution is -2.50. The summed E-state index contributed by atoms with van der Waals surface area (Å²) in [5.74, 6) is -3.37. The summed E-state index contributed by atoms with van der Waals surface area (Å²) in [6, 6.07) is -1.97. The molecule has 71 heavy (non-hydrogen) atoms. The largest absolute Gasteiger partial charge is 0.481 e. The number of hydrogen-bond donors (Lipinski definition) is 8. The van der Waals surface area contributed by atoms with Gasteiger partial charge in [0, 0.05) is 64.5 Å². The first-order valence-electron chi connectivity index (χ1n) is 26.4. The van der Waals surface area contributed by atoms with Crippen LogP contribution in [-0.2, 0) is 57.3 Å². The number of Topliss-reactive ketones (excluding diaryl/α,β-unsaturated/α-hetero) is 2. The molecule has 4 amide bonds. The predicted octanol–water partition coefficient (Wildman–Crippen LogP) is 4.93. The fourth-order valence-electron chi connectivity index (χ4n) is 7.30. The zero-order valence-electron chi connectivity index (χ0n) is 43.9. The number of ether oxygens (including phenoxy) is 4. The van der Waals surface area contributed by atoms with Gasteiger partial charge >= 0.3 is 11.9 Å². The van der Waals surface area contributed by atoms with E-state index in [-0.39, 0.29) is 80.8 Å². The normalized spacial score (nSPS) is 12.7. The standard InChI is InChI=1S/C28H51NO7.C23H44N4O8/c1-2-36-23-17-18-24(30)21-22-25(28(34)35)29-26(31)19-15-13-11-9-7-5-3-4-6-8-10-12-14-16-20-27(32)33;1-4-18(19(29)14-27-22(17(3)28)23(24)32)8-6-7-9-25-21(31)16-35-13-12-34-11-10-26-20(30)15-33-5-2/h25H,2-23H2,1H3,(H,29,31)(H,32,33)(H,34,35);17-18,22,27-28H,4-16H2,1-3H3,(H2,24,32)(H,25,31)(H,26,30)/t25-;17-,18+,22+/m01/s1. The van der Waals surface area contributed by atoms with Crippen LogP contribution in [-0.4, -0.2) is 153 Å². The van der Waals surface area contributed by atoms with E-state index in [4.69, 9.17) is 29.8 Å². The van der Waals surface area contributed by atoms with Crippen LogP contribution in [0.5, 0.6) is 0 Å². The number of amides is 4. The number of aliphatic carboxylic acids is 2. The SMILES string of the molecule is CCOCC(=O)NCCOCCOCC(=O)NCCCC[C@H](CC)C(=O)CN[C@H](C(N)=O)[C@@H](C)O.CCOCCCC(=O)CC[C@H](NC(=O)CCCCCCCCCCCCCCCCC(=O)O)C(=O)O. The average Bonchev–Trinajstić information content (AvgIpc) is 3.32. The van der Waals surface area contributed by atoms with E-state index in [2.05, 4.69) is 21.3 Å². The number of primary amides is 1. The van der Waals surface area contributed by atoms with Gasteiger partial charge in [0.25, 0.3) is 0 Å². The highest BCUT2D eigenvalue weighted by molar-refractivity contribution is 5.86. The van der Waals surface area contributed by atoms with Gasteiger partial charge in [0.15, 0.2) is 0 Å². The van der Waals surface area contributed by atoms with Gasteiger partial charge in [0.05, 0.1) is 32.5 Å². The van der Waals surface area contributed by atoms with Gasteiger partial charge in [-0.2, -0.15) is 0 Å². The van der Waals surface area contributed by atoms with Crippen LogP contribution < -0.4 is 27.0 Å². The van der Waals surface area contributed by atoms with E-state index in [1.807, 2.05) is 20.8 Å². The van der Waals surface area contributed by atoms with Crippen LogP contribution in [0.15, 0.2) is 0 Å². The molecule has 0 bridgehead atoms. The Labute approximate surface area is 424 Å². The summed E-state index contributed by atoms with van der Waals surface area (Å²) in [6.45, 7) is 10.4. The summed E-state index contributed by atoms with van der Waals surface area (Å²) in [7, 11) is 0. The highest BCUT2D eigenvalue weighted by atomic mass is 16.5. The van der Waals surface area contributed by atoms with Gasteiger partial charge in [0.1, 0.15) is 36.9 Å². The van der Waals surface area contributed by atoms with Gasteiger partial charge in [0.2, 0.25) is 23.6 Å². The number of carbonyl (C=O) groups excluding carboxylic acids is 6. The Balaban J connectivity index is 0. The number of nitrogens with one attached hydrogen (secondary N) is 4. The third kappa shape index (κ3) is 46.7. The van der Waals surface area contributed by atoms with Gasteiger partial charge < -0.3 is 56.0 Å². The number of carboxylic acids is 2. The molecule has 9 N–H and O–H groups in total. The first-order valence-corrected chi connectivity index (χ1v) is 26.4. The minimum absolute atomic E-state index is 0.000154. The highest BCUT2D eigenvalue weighted by Crippen LogP contribution is 2.15. The molecule has 414 valence electrons. The lowest BCUT2D eigenvalue weighted by Gasteiger charge is -2.20. The first-order chi connectivity index (χ1) is 34.1. The molecule has 0 unspecified atom stereocenters. The summed E-state index contributed by atoms with van der Waals surface area (Å²) in [5, 5.41) is 38.2. The minimum Gasteiger partial charge on any atom is -0.481 e. The van der Waals surface area contributed by atoms with Crippen LogP contribution in [0.3, 0.4) is 0 Å². The summed E-state index contributed by atoms with van der Waals surface area (Å²) in [5.41, 5.74) is 5.22. The number of ketones is 2. The second kappa shape index (κ2) is 49.5. The van der Waals surface area contributed by atoms with Crippen molar-refractivity contribution in [3.8, 4) is 0 Å². The van der Waals surface area contributed by atoms with Gasteiger partial charge in [-0.3, -0.25) is 38.9 Å². The molecule has 0 saturated carbocycles. The van der Waals surface area contributed by atoms with Crippen molar-refractivity contribution in [1.29, 1.82) is 0 Å². The van der Waals surface area contributed by atoms with Crippen LogP contribution in [0.4, 0.5) is 0 Å². The maximum atomic E-state index is 12.4. The molecule has 0 aromatic heterocycles. The Hall–Kier alpha value is -4.08. The van der Waals surface area contributed by atoms with Crippen LogP contribution in [0, 0.1) is 5.92 Å². The molecule has 20 nitrogen and oxygen atoms in total. The van der Waals surface area contributed by atoms with E-state index in [0.717, 1.165) is 57.8 Å². The third-order valence-electron chi connectivity index (χ3n) is 11.5.